The highest BCUT2D eigenvalue weighted by Crippen LogP contribution is 2.50. The minimum atomic E-state index is -1.98. The summed E-state index contributed by atoms with van der Waals surface area (Å²) < 4.78 is 29.4. The molecule has 0 spiro atoms. The Hall–Kier alpha value is -3.02. The van der Waals surface area contributed by atoms with E-state index in [9.17, 15) is 29.4 Å². The maximum atomic E-state index is 13.2. The molecular formula is C32H48O11. The lowest BCUT2D eigenvalue weighted by Crippen LogP contribution is -2.63. The monoisotopic (exact) mass is 608 g/mol. The van der Waals surface area contributed by atoms with Crippen molar-refractivity contribution in [2.75, 3.05) is 0 Å². The van der Waals surface area contributed by atoms with Gasteiger partial charge < -0.3 is 33.9 Å². The summed E-state index contributed by atoms with van der Waals surface area (Å²) in [4.78, 5) is 51.7. The topological polar surface area (TPSA) is 158 Å². The number of carbonyl (C=O) groups excluding carboxylic acids is 4. The number of allylic oxidation sites excluding steroid dienone is 2. The Morgan fingerprint density at radius 3 is 1.91 bits per heavy atom. The molecule has 2 aliphatic rings. The number of fused-ring (bicyclic) bond motifs is 1. The average Bonchev–Trinajstić information content (AvgIpc) is 3.64. The van der Waals surface area contributed by atoms with Gasteiger partial charge in [-0.05, 0) is 61.3 Å². The van der Waals surface area contributed by atoms with Crippen LogP contribution in [-0.2, 0) is 42.9 Å². The van der Waals surface area contributed by atoms with Gasteiger partial charge in [0.2, 0.25) is 0 Å². The fraction of sp³-hybridized carbons (Fsp3) is 0.688. The molecule has 1 saturated carbocycles. The third kappa shape index (κ3) is 7.74. The molecule has 1 aliphatic carbocycles. The second-order valence-corrected chi connectivity index (χ2v) is 12.0. The number of aliphatic hydroxyl groups is 2. The van der Waals surface area contributed by atoms with Gasteiger partial charge in [0.25, 0.3) is 0 Å². The number of ether oxygens (including phenoxy) is 5. The Morgan fingerprint density at radius 1 is 0.953 bits per heavy atom. The molecule has 10 unspecified atom stereocenters. The Bertz CT molecular complexity index is 1160. The molecule has 2 rings (SSSR count). The van der Waals surface area contributed by atoms with Crippen LogP contribution in [0.4, 0.5) is 0 Å². The molecule has 0 aromatic heterocycles. The number of aliphatic hydroxyl groups excluding tert-OH is 2. The van der Waals surface area contributed by atoms with Crippen molar-refractivity contribution in [1.29, 1.82) is 0 Å². The van der Waals surface area contributed by atoms with Gasteiger partial charge in [-0.25, -0.2) is 9.59 Å². The summed E-state index contributed by atoms with van der Waals surface area (Å²) >= 11 is 0. The van der Waals surface area contributed by atoms with Crippen molar-refractivity contribution in [1.82, 2.24) is 0 Å². The maximum absolute atomic E-state index is 13.2. The Kier molecular flexibility index (Phi) is 11.9. The lowest BCUT2D eigenvalue weighted by atomic mass is 9.74. The third-order valence-corrected chi connectivity index (χ3v) is 8.71. The van der Waals surface area contributed by atoms with Gasteiger partial charge in [-0.1, -0.05) is 38.2 Å². The molecule has 10 atom stereocenters. The molecule has 2 fully saturated rings. The zero-order valence-corrected chi connectivity index (χ0v) is 27.0. The lowest BCUT2D eigenvalue weighted by molar-refractivity contribution is -0.220. The Labute approximate surface area is 254 Å². The molecule has 242 valence electrons. The average molecular weight is 609 g/mol. The van der Waals surface area contributed by atoms with Gasteiger partial charge in [0.1, 0.15) is 23.9 Å². The first-order valence-electron chi connectivity index (χ1n) is 14.7. The fourth-order valence-electron chi connectivity index (χ4n) is 5.21. The standard InChI is InChI=1S/C32H48O11/c1-12-17(6)28(36)39-24-21(16(4)5)15-22(34)31(10,42-20(9)33)25(40-29(37)18(7)13-2)23(35)26-32(11,43-26)27(24)41-30(38)19(8)14-3/h13-14,17,21-27,34-35H,4,12,15H2,1-3,5-11H3. The maximum Gasteiger partial charge on any atom is 0.333 e. The molecular weight excluding hydrogens is 560 g/mol. The molecule has 2 N–H and O–H groups in total. The van der Waals surface area contributed by atoms with Crippen LogP contribution in [0.15, 0.2) is 35.5 Å². The molecule has 0 bridgehead atoms. The van der Waals surface area contributed by atoms with E-state index in [0.717, 1.165) is 6.92 Å². The molecule has 11 heteroatoms. The molecule has 1 saturated heterocycles. The highest BCUT2D eigenvalue weighted by Gasteiger charge is 2.70. The first-order valence-corrected chi connectivity index (χ1v) is 14.7. The number of epoxide rings is 1. The largest absolute Gasteiger partial charge is 0.457 e. The van der Waals surface area contributed by atoms with Crippen LogP contribution in [-0.4, -0.2) is 81.9 Å². The second-order valence-electron chi connectivity index (χ2n) is 12.0. The van der Waals surface area contributed by atoms with E-state index >= 15 is 0 Å². The van der Waals surface area contributed by atoms with E-state index < -0.39 is 83.5 Å². The van der Waals surface area contributed by atoms with Crippen molar-refractivity contribution in [2.24, 2.45) is 11.8 Å². The smallest absolute Gasteiger partial charge is 0.333 e. The van der Waals surface area contributed by atoms with Gasteiger partial charge in [-0.15, -0.1) is 0 Å². The van der Waals surface area contributed by atoms with Gasteiger partial charge in [0.15, 0.2) is 17.8 Å². The molecule has 1 heterocycles. The number of hydrogen-bond acceptors (Lipinski definition) is 11. The summed E-state index contributed by atoms with van der Waals surface area (Å²) in [5, 5.41) is 23.5. The van der Waals surface area contributed by atoms with E-state index in [1.807, 2.05) is 6.92 Å². The predicted octanol–water partition coefficient (Wildman–Crippen LogP) is 3.50. The zero-order valence-electron chi connectivity index (χ0n) is 27.0. The zero-order chi connectivity index (χ0) is 33.0. The van der Waals surface area contributed by atoms with E-state index in [2.05, 4.69) is 6.58 Å². The molecule has 43 heavy (non-hydrogen) atoms. The van der Waals surface area contributed by atoms with Crippen molar-refractivity contribution in [2.45, 2.75) is 130 Å². The summed E-state index contributed by atoms with van der Waals surface area (Å²) in [6.45, 7) is 19.7. The van der Waals surface area contributed by atoms with Gasteiger partial charge in [-0.3, -0.25) is 9.59 Å². The van der Waals surface area contributed by atoms with Gasteiger partial charge in [0, 0.05) is 24.0 Å². The van der Waals surface area contributed by atoms with E-state index in [-0.39, 0.29) is 17.6 Å². The highest BCUT2D eigenvalue weighted by molar-refractivity contribution is 5.88. The van der Waals surface area contributed by atoms with Crippen LogP contribution in [0, 0.1) is 11.8 Å². The minimum Gasteiger partial charge on any atom is -0.457 e. The number of carbonyl (C=O) groups is 4. The van der Waals surface area contributed by atoms with E-state index in [1.165, 1.54) is 19.9 Å². The molecule has 0 radical (unpaired) electrons. The van der Waals surface area contributed by atoms with Crippen molar-refractivity contribution >= 4 is 23.9 Å². The first-order chi connectivity index (χ1) is 19.9. The van der Waals surface area contributed by atoms with Crippen molar-refractivity contribution in [3.8, 4) is 0 Å². The third-order valence-electron chi connectivity index (χ3n) is 8.71. The normalized spacial score (nSPS) is 35.5. The van der Waals surface area contributed by atoms with E-state index in [1.54, 1.807) is 47.6 Å². The Balaban J connectivity index is 2.83. The highest BCUT2D eigenvalue weighted by atomic mass is 16.7. The van der Waals surface area contributed by atoms with Crippen LogP contribution < -0.4 is 0 Å². The van der Waals surface area contributed by atoms with Crippen molar-refractivity contribution in [3.63, 3.8) is 0 Å². The number of rotatable bonds is 9. The number of esters is 4. The fourth-order valence-corrected chi connectivity index (χ4v) is 5.21. The summed E-state index contributed by atoms with van der Waals surface area (Å²) in [5.41, 5.74) is -2.46. The second kappa shape index (κ2) is 14.2. The Morgan fingerprint density at radius 2 is 1.47 bits per heavy atom. The van der Waals surface area contributed by atoms with Crippen LogP contribution in [0.1, 0.15) is 82.1 Å². The molecule has 0 amide bonds. The summed E-state index contributed by atoms with van der Waals surface area (Å²) in [6.07, 6.45) is -5.20. The molecule has 0 aromatic carbocycles. The molecule has 11 nitrogen and oxygen atoms in total. The lowest BCUT2D eigenvalue weighted by Gasteiger charge is -2.45. The minimum absolute atomic E-state index is 0.217. The predicted molar refractivity (Wildman–Crippen MR) is 156 cm³/mol. The van der Waals surface area contributed by atoms with Crippen LogP contribution in [0.25, 0.3) is 0 Å². The first kappa shape index (κ1) is 36.2. The van der Waals surface area contributed by atoms with Crippen LogP contribution in [0.5, 0.6) is 0 Å². The SMILES string of the molecule is C=C(C)C1CC(O)C(C)(OC(C)=O)C(OC(=O)C(C)=CC)C(O)C2OC2(C)C(OC(=O)C(C)=CC)C1OC(=O)C(C)CC. The van der Waals surface area contributed by atoms with Gasteiger partial charge in [-0.2, -0.15) is 0 Å². The molecule has 0 aromatic rings. The van der Waals surface area contributed by atoms with E-state index in [0.29, 0.717) is 12.0 Å². The quantitative estimate of drug-likeness (QED) is 0.130. The summed E-state index contributed by atoms with van der Waals surface area (Å²) in [6, 6.07) is 0. The van der Waals surface area contributed by atoms with E-state index in [4.69, 9.17) is 23.7 Å². The van der Waals surface area contributed by atoms with Crippen molar-refractivity contribution in [3.05, 3.63) is 35.5 Å². The van der Waals surface area contributed by atoms with Gasteiger partial charge >= 0.3 is 23.9 Å². The van der Waals surface area contributed by atoms with Crippen LogP contribution >= 0.6 is 0 Å². The number of hydrogen-bond donors (Lipinski definition) is 2. The van der Waals surface area contributed by atoms with Gasteiger partial charge in [0.05, 0.1) is 12.0 Å². The summed E-state index contributed by atoms with van der Waals surface area (Å²) in [5.74, 6) is -4.22. The molecule has 1 aliphatic heterocycles. The summed E-state index contributed by atoms with van der Waals surface area (Å²) in [7, 11) is 0. The van der Waals surface area contributed by atoms with Crippen LogP contribution in [0.2, 0.25) is 0 Å². The van der Waals surface area contributed by atoms with Crippen LogP contribution in [0.3, 0.4) is 0 Å². The van der Waals surface area contributed by atoms with Crippen molar-refractivity contribution < 1.29 is 53.1 Å².